The van der Waals surface area contributed by atoms with Gasteiger partial charge < -0.3 is 19.0 Å². The van der Waals surface area contributed by atoms with Gasteiger partial charge in [0.2, 0.25) is 5.91 Å². The summed E-state index contributed by atoms with van der Waals surface area (Å²) >= 11 is 0. The summed E-state index contributed by atoms with van der Waals surface area (Å²) in [5, 5.41) is 4.78. The number of benzene rings is 1. The Morgan fingerprint density at radius 2 is 1.64 bits per heavy atom. The van der Waals surface area contributed by atoms with Crippen molar-refractivity contribution in [1.29, 1.82) is 0 Å². The van der Waals surface area contributed by atoms with Crippen molar-refractivity contribution in [2.45, 2.75) is 53.0 Å². The Morgan fingerprint density at radius 3 is 2.33 bits per heavy atom. The van der Waals surface area contributed by atoms with Crippen molar-refractivity contribution in [1.82, 2.24) is 10.4 Å². The molecule has 3 heterocycles. The number of aryl methyl sites for hydroxylation is 3. The lowest BCUT2D eigenvalue weighted by atomic mass is 10.0. The zero-order valence-electron chi connectivity index (χ0n) is 18.4. The van der Waals surface area contributed by atoms with Crippen molar-refractivity contribution in [2.24, 2.45) is 0 Å². The quantitative estimate of drug-likeness (QED) is 0.443. The van der Waals surface area contributed by atoms with Crippen LogP contribution >= 0.6 is 0 Å². The normalized spacial score (nSPS) is 13.8. The number of rotatable bonds is 6. The fraction of sp³-hybridized carbons (Fsp3) is 0.348. The molecule has 1 saturated heterocycles. The Balaban J connectivity index is 1.44. The molecule has 4 rings (SSSR count). The van der Waals surface area contributed by atoms with Gasteiger partial charge in [0.25, 0.3) is 11.8 Å². The third-order valence-corrected chi connectivity index (χ3v) is 5.64. The van der Waals surface area contributed by atoms with Crippen molar-refractivity contribution in [2.75, 3.05) is 0 Å². The van der Waals surface area contributed by atoms with E-state index in [1.54, 1.807) is 13.8 Å². The average molecular weight is 454 g/mol. The highest BCUT2D eigenvalue weighted by Gasteiger charge is 2.32. The van der Waals surface area contributed by atoms with Gasteiger partial charge in [-0.25, -0.2) is 9.59 Å². The van der Waals surface area contributed by atoms with Crippen LogP contribution in [-0.4, -0.2) is 28.8 Å². The summed E-state index contributed by atoms with van der Waals surface area (Å²) in [6, 6.07) is 3.29. The third-order valence-electron chi connectivity index (χ3n) is 5.64. The van der Waals surface area contributed by atoms with Crippen LogP contribution in [0.25, 0.3) is 21.9 Å². The highest BCUT2D eigenvalue weighted by molar-refractivity contribution is 6.02. The molecule has 0 spiro atoms. The van der Waals surface area contributed by atoms with Crippen LogP contribution in [0, 0.1) is 20.8 Å². The molecule has 2 aromatic heterocycles. The maximum atomic E-state index is 12.3. The second kappa shape index (κ2) is 8.53. The first-order valence-corrected chi connectivity index (χ1v) is 10.4. The number of nitrogens with one attached hydrogen (secondary N) is 1. The van der Waals surface area contributed by atoms with E-state index in [9.17, 15) is 24.0 Å². The van der Waals surface area contributed by atoms with Gasteiger partial charge in [-0.1, -0.05) is 0 Å². The Kier molecular flexibility index (Phi) is 5.75. The van der Waals surface area contributed by atoms with Gasteiger partial charge in [-0.15, -0.1) is 5.06 Å². The van der Waals surface area contributed by atoms with Crippen LogP contribution in [0.4, 0.5) is 0 Å². The lowest BCUT2D eigenvalue weighted by Gasteiger charge is -2.12. The molecule has 1 aliphatic heterocycles. The van der Waals surface area contributed by atoms with Crippen LogP contribution in [0.2, 0.25) is 0 Å². The molecule has 3 aromatic rings. The number of hydroxylamine groups is 2. The molecule has 0 aliphatic carbocycles. The summed E-state index contributed by atoms with van der Waals surface area (Å²) in [4.78, 5) is 63.7. The number of furan rings is 1. The first kappa shape index (κ1) is 22.3. The van der Waals surface area contributed by atoms with Gasteiger partial charge in [-0.05, 0) is 32.4 Å². The molecule has 3 amide bonds. The topological polar surface area (TPSA) is 136 Å². The maximum Gasteiger partial charge on any atom is 0.336 e. The molecule has 1 aromatic carbocycles. The van der Waals surface area contributed by atoms with E-state index in [0.29, 0.717) is 27.6 Å². The number of carbonyl (C=O) groups is 4. The molecule has 10 heteroatoms. The number of hydrogen-bond donors (Lipinski definition) is 1. The first-order valence-electron chi connectivity index (χ1n) is 10.4. The van der Waals surface area contributed by atoms with Gasteiger partial charge in [0.1, 0.15) is 16.9 Å². The molecule has 0 unspecified atom stereocenters. The fourth-order valence-corrected chi connectivity index (χ4v) is 3.87. The van der Waals surface area contributed by atoms with Crippen LogP contribution in [0.1, 0.15) is 48.1 Å². The minimum Gasteiger partial charge on any atom is -0.461 e. The Bertz CT molecular complexity index is 1360. The van der Waals surface area contributed by atoms with E-state index in [1.165, 1.54) is 6.07 Å². The molecule has 1 aliphatic rings. The second-order valence-electron chi connectivity index (χ2n) is 7.96. The van der Waals surface area contributed by atoms with Crippen LogP contribution < -0.4 is 10.9 Å². The van der Waals surface area contributed by atoms with Crippen LogP contribution in [-0.2, 0) is 30.6 Å². The first-order chi connectivity index (χ1) is 15.7. The summed E-state index contributed by atoms with van der Waals surface area (Å²) in [5.41, 5.74) is 2.83. The molecule has 0 atom stereocenters. The summed E-state index contributed by atoms with van der Waals surface area (Å²) in [7, 11) is 0. The number of nitrogens with zero attached hydrogens (tertiary/aromatic N) is 1. The number of fused-ring (bicyclic) bond motifs is 2. The van der Waals surface area contributed by atoms with Gasteiger partial charge in [0, 0.05) is 53.8 Å². The number of amides is 3. The van der Waals surface area contributed by atoms with Crippen molar-refractivity contribution in [3.05, 3.63) is 45.0 Å². The highest BCUT2D eigenvalue weighted by Crippen LogP contribution is 2.34. The molecule has 1 N–H and O–H groups in total. The lowest BCUT2D eigenvalue weighted by molar-refractivity contribution is -0.197. The summed E-state index contributed by atoms with van der Waals surface area (Å²) in [5.74, 6) is -1.78. The minimum atomic E-state index is -0.835. The van der Waals surface area contributed by atoms with Gasteiger partial charge >= 0.3 is 11.6 Å². The van der Waals surface area contributed by atoms with Gasteiger partial charge in [0.15, 0.2) is 0 Å². The average Bonchev–Trinajstić information content (AvgIpc) is 3.25. The molecule has 33 heavy (non-hydrogen) atoms. The summed E-state index contributed by atoms with van der Waals surface area (Å²) in [6.07, 6.45) is -0.442. The molecule has 0 saturated carbocycles. The SMILES string of the molecule is Cc1oc2c(C)c3oc(=O)cc(C)c3cc2c1CNC(=O)CCC(=O)ON1C(=O)CCC1=O. The molecule has 0 bridgehead atoms. The standard InChI is InChI=1S/C23H22N2O8/c1-11-8-21(30)32-22-12(2)23-15(9-14(11)22)16(13(3)31-23)10-24-17(26)4-7-20(29)33-25-18(27)5-6-19(25)28/h8-9H,4-7,10H2,1-3H3,(H,24,26). The van der Waals surface area contributed by atoms with Gasteiger partial charge in [-0.3, -0.25) is 14.4 Å². The molecular formula is C23H22N2O8. The van der Waals surface area contributed by atoms with Gasteiger partial charge in [-0.2, -0.15) is 0 Å². The molecule has 0 radical (unpaired) electrons. The monoisotopic (exact) mass is 454 g/mol. The second-order valence-corrected chi connectivity index (χ2v) is 7.96. The van der Waals surface area contributed by atoms with Crippen molar-refractivity contribution < 1.29 is 32.9 Å². The van der Waals surface area contributed by atoms with E-state index in [4.69, 9.17) is 13.7 Å². The van der Waals surface area contributed by atoms with Crippen molar-refractivity contribution in [3.8, 4) is 0 Å². The number of carbonyl (C=O) groups excluding carboxylic acids is 4. The highest BCUT2D eigenvalue weighted by atomic mass is 16.7. The summed E-state index contributed by atoms with van der Waals surface area (Å²) in [6.45, 7) is 5.56. The molecule has 172 valence electrons. The predicted octanol–water partition coefficient (Wildman–Crippen LogP) is 2.47. The van der Waals surface area contributed by atoms with E-state index in [0.717, 1.165) is 21.9 Å². The molecule has 10 nitrogen and oxygen atoms in total. The maximum absolute atomic E-state index is 12.3. The third kappa shape index (κ3) is 4.23. The fourth-order valence-electron chi connectivity index (χ4n) is 3.87. The van der Waals surface area contributed by atoms with Crippen LogP contribution in [0.5, 0.6) is 0 Å². The zero-order chi connectivity index (χ0) is 23.9. The smallest absolute Gasteiger partial charge is 0.336 e. The van der Waals surface area contributed by atoms with Crippen LogP contribution in [0.15, 0.2) is 25.8 Å². The Labute approximate surface area is 187 Å². The number of hydrogen-bond acceptors (Lipinski definition) is 8. The van der Waals surface area contributed by atoms with E-state index >= 15 is 0 Å². The minimum absolute atomic E-state index is 0.00500. The molecule has 1 fully saturated rings. The largest absolute Gasteiger partial charge is 0.461 e. The summed E-state index contributed by atoms with van der Waals surface area (Å²) < 4.78 is 11.3. The van der Waals surface area contributed by atoms with E-state index in [2.05, 4.69) is 5.32 Å². The zero-order valence-corrected chi connectivity index (χ0v) is 18.4. The van der Waals surface area contributed by atoms with Crippen molar-refractivity contribution >= 4 is 45.6 Å². The Hall–Kier alpha value is -3.95. The van der Waals surface area contributed by atoms with E-state index in [1.807, 2.05) is 13.0 Å². The van der Waals surface area contributed by atoms with Crippen LogP contribution in [0.3, 0.4) is 0 Å². The lowest BCUT2D eigenvalue weighted by Crippen LogP contribution is -2.32. The van der Waals surface area contributed by atoms with Gasteiger partial charge in [0.05, 0.1) is 6.42 Å². The van der Waals surface area contributed by atoms with Crippen molar-refractivity contribution in [3.63, 3.8) is 0 Å². The van der Waals surface area contributed by atoms with E-state index in [-0.39, 0.29) is 32.2 Å². The number of imide groups is 1. The Morgan fingerprint density at radius 1 is 0.970 bits per heavy atom. The molecular weight excluding hydrogens is 432 g/mol. The predicted molar refractivity (Wildman–Crippen MR) is 115 cm³/mol. The van der Waals surface area contributed by atoms with E-state index < -0.39 is 29.3 Å².